The minimum Gasteiger partial charge on any atom is -0.486 e. The summed E-state index contributed by atoms with van der Waals surface area (Å²) >= 11 is 1.95. The predicted octanol–water partition coefficient (Wildman–Crippen LogP) is 2.36. The van der Waals surface area contributed by atoms with Crippen molar-refractivity contribution in [1.29, 1.82) is 0 Å². The van der Waals surface area contributed by atoms with E-state index in [9.17, 15) is 5.11 Å². The van der Waals surface area contributed by atoms with Gasteiger partial charge >= 0.3 is 0 Å². The lowest BCUT2D eigenvalue weighted by molar-refractivity contribution is 0.161. The van der Waals surface area contributed by atoms with Crippen molar-refractivity contribution in [3.8, 4) is 11.5 Å². The van der Waals surface area contributed by atoms with Crippen LogP contribution in [0.1, 0.15) is 30.9 Å². The van der Waals surface area contributed by atoms with Crippen LogP contribution in [0.15, 0.2) is 18.2 Å². The third-order valence-corrected chi connectivity index (χ3v) is 5.36. The molecule has 2 aliphatic rings. The van der Waals surface area contributed by atoms with Crippen LogP contribution in [-0.4, -0.2) is 42.4 Å². The molecule has 0 saturated heterocycles. The second-order valence-electron chi connectivity index (χ2n) is 5.69. The van der Waals surface area contributed by atoms with Gasteiger partial charge in [-0.15, -0.1) is 0 Å². The molecule has 116 valence electrons. The van der Waals surface area contributed by atoms with Crippen LogP contribution in [0, 0.1) is 0 Å². The van der Waals surface area contributed by atoms with Crippen LogP contribution in [-0.2, 0) is 0 Å². The SMILES string of the molecule is CSC1CCC(NCC(O)c2ccc3c(c2)OCCO3)C1. The number of aliphatic hydroxyl groups is 1. The molecule has 1 aliphatic carbocycles. The molecule has 2 N–H and O–H groups in total. The van der Waals surface area contributed by atoms with Crippen molar-refractivity contribution in [2.45, 2.75) is 36.7 Å². The topological polar surface area (TPSA) is 50.7 Å². The molecule has 3 unspecified atom stereocenters. The zero-order valence-corrected chi connectivity index (χ0v) is 13.2. The van der Waals surface area contributed by atoms with E-state index in [1.54, 1.807) is 0 Å². The maximum atomic E-state index is 10.3. The van der Waals surface area contributed by atoms with Gasteiger partial charge in [-0.3, -0.25) is 0 Å². The Labute approximate surface area is 130 Å². The van der Waals surface area contributed by atoms with E-state index in [1.165, 1.54) is 19.3 Å². The Balaban J connectivity index is 1.54. The van der Waals surface area contributed by atoms with Crippen molar-refractivity contribution in [3.63, 3.8) is 0 Å². The van der Waals surface area contributed by atoms with E-state index in [-0.39, 0.29) is 0 Å². The normalized spacial score (nSPS) is 25.8. The highest BCUT2D eigenvalue weighted by Crippen LogP contribution is 2.33. The Morgan fingerprint density at radius 3 is 2.86 bits per heavy atom. The minimum absolute atomic E-state index is 0.505. The number of aliphatic hydroxyl groups excluding tert-OH is 1. The summed E-state index contributed by atoms with van der Waals surface area (Å²) in [5.74, 6) is 1.50. The Bertz CT molecular complexity index is 483. The number of rotatable bonds is 5. The molecule has 1 heterocycles. The summed E-state index contributed by atoms with van der Waals surface area (Å²) in [5, 5.41) is 14.6. The number of fused-ring (bicyclic) bond motifs is 1. The first-order valence-electron chi connectivity index (χ1n) is 7.60. The van der Waals surface area contributed by atoms with E-state index >= 15 is 0 Å². The van der Waals surface area contributed by atoms with Crippen LogP contribution in [0.5, 0.6) is 11.5 Å². The van der Waals surface area contributed by atoms with Gasteiger partial charge in [-0.05, 0) is 43.2 Å². The number of nitrogens with one attached hydrogen (secondary N) is 1. The summed E-state index contributed by atoms with van der Waals surface area (Å²) in [6.45, 7) is 1.75. The first-order valence-corrected chi connectivity index (χ1v) is 8.89. The fourth-order valence-electron chi connectivity index (χ4n) is 3.00. The first-order chi connectivity index (χ1) is 10.3. The monoisotopic (exact) mass is 309 g/mol. The average molecular weight is 309 g/mol. The van der Waals surface area contributed by atoms with Gasteiger partial charge in [-0.25, -0.2) is 0 Å². The molecule has 1 saturated carbocycles. The maximum Gasteiger partial charge on any atom is 0.161 e. The number of hydrogen-bond acceptors (Lipinski definition) is 5. The quantitative estimate of drug-likeness (QED) is 0.874. The molecule has 1 aromatic carbocycles. The van der Waals surface area contributed by atoms with E-state index in [0.717, 1.165) is 22.3 Å². The predicted molar refractivity (Wildman–Crippen MR) is 85.3 cm³/mol. The molecule has 21 heavy (non-hydrogen) atoms. The molecule has 3 rings (SSSR count). The largest absolute Gasteiger partial charge is 0.486 e. The number of ether oxygens (including phenoxy) is 2. The lowest BCUT2D eigenvalue weighted by Crippen LogP contribution is -2.31. The van der Waals surface area contributed by atoms with Crippen LogP contribution in [0.2, 0.25) is 0 Å². The summed E-state index contributed by atoms with van der Waals surface area (Å²) in [7, 11) is 0. The molecule has 0 spiro atoms. The van der Waals surface area contributed by atoms with Crippen LogP contribution >= 0.6 is 11.8 Å². The van der Waals surface area contributed by atoms with E-state index in [1.807, 2.05) is 30.0 Å². The van der Waals surface area contributed by atoms with Crippen molar-refractivity contribution in [2.75, 3.05) is 26.0 Å². The van der Waals surface area contributed by atoms with Gasteiger partial charge in [0.1, 0.15) is 13.2 Å². The third kappa shape index (κ3) is 3.65. The standard InChI is InChI=1S/C16H23NO3S/c1-21-13-4-3-12(9-13)17-10-14(18)11-2-5-15-16(8-11)20-7-6-19-15/h2,5,8,12-14,17-18H,3-4,6-7,9-10H2,1H3. The summed E-state index contributed by atoms with van der Waals surface area (Å²) in [5.41, 5.74) is 0.881. The van der Waals surface area contributed by atoms with Gasteiger partial charge < -0.3 is 19.9 Å². The zero-order chi connectivity index (χ0) is 14.7. The van der Waals surface area contributed by atoms with Crippen LogP contribution in [0.3, 0.4) is 0 Å². The summed E-state index contributed by atoms with van der Waals surface area (Å²) in [6.07, 6.45) is 5.36. The van der Waals surface area contributed by atoms with Crippen molar-refractivity contribution in [1.82, 2.24) is 5.32 Å². The Morgan fingerprint density at radius 2 is 2.10 bits per heavy atom. The summed E-state index contributed by atoms with van der Waals surface area (Å²) in [4.78, 5) is 0. The summed E-state index contributed by atoms with van der Waals surface area (Å²) in [6, 6.07) is 6.22. The van der Waals surface area contributed by atoms with E-state index in [2.05, 4.69) is 11.6 Å². The average Bonchev–Trinajstić information content (AvgIpc) is 3.00. The fraction of sp³-hybridized carbons (Fsp3) is 0.625. The molecule has 0 bridgehead atoms. The highest BCUT2D eigenvalue weighted by atomic mass is 32.2. The maximum absolute atomic E-state index is 10.3. The number of benzene rings is 1. The van der Waals surface area contributed by atoms with E-state index in [0.29, 0.717) is 25.8 Å². The minimum atomic E-state index is -0.505. The fourth-order valence-corrected chi connectivity index (χ4v) is 3.80. The number of hydrogen-bond donors (Lipinski definition) is 2. The molecule has 0 aromatic heterocycles. The van der Waals surface area contributed by atoms with Crippen LogP contribution in [0.25, 0.3) is 0 Å². The van der Waals surface area contributed by atoms with Crippen LogP contribution in [0.4, 0.5) is 0 Å². The molecule has 5 heteroatoms. The highest BCUT2D eigenvalue weighted by Gasteiger charge is 2.24. The van der Waals surface area contributed by atoms with Crippen molar-refractivity contribution < 1.29 is 14.6 Å². The number of thioether (sulfide) groups is 1. The molecular weight excluding hydrogens is 286 g/mol. The molecular formula is C16H23NO3S. The highest BCUT2D eigenvalue weighted by molar-refractivity contribution is 7.99. The summed E-state index contributed by atoms with van der Waals surface area (Å²) < 4.78 is 11.1. The van der Waals surface area contributed by atoms with Gasteiger partial charge in [0, 0.05) is 17.8 Å². The van der Waals surface area contributed by atoms with Gasteiger partial charge in [-0.2, -0.15) is 11.8 Å². The Kier molecular flexibility index (Phi) is 4.93. The van der Waals surface area contributed by atoms with Gasteiger partial charge in [0.15, 0.2) is 11.5 Å². The smallest absolute Gasteiger partial charge is 0.161 e. The van der Waals surface area contributed by atoms with Crippen molar-refractivity contribution in [2.24, 2.45) is 0 Å². The van der Waals surface area contributed by atoms with Gasteiger partial charge in [0.2, 0.25) is 0 Å². The van der Waals surface area contributed by atoms with E-state index < -0.39 is 6.10 Å². The van der Waals surface area contributed by atoms with Gasteiger partial charge in [0.05, 0.1) is 6.10 Å². The first kappa shape index (κ1) is 15.0. The molecule has 4 nitrogen and oxygen atoms in total. The Hall–Kier alpha value is -0.910. The molecule has 0 radical (unpaired) electrons. The van der Waals surface area contributed by atoms with E-state index in [4.69, 9.17) is 9.47 Å². The zero-order valence-electron chi connectivity index (χ0n) is 12.4. The van der Waals surface area contributed by atoms with Crippen molar-refractivity contribution in [3.05, 3.63) is 23.8 Å². The third-order valence-electron chi connectivity index (χ3n) is 4.27. The lowest BCUT2D eigenvalue weighted by atomic mass is 10.1. The molecule has 3 atom stereocenters. The van der Waals surface area contributed by atoms with Crippen molar-refractivity contribution >= 4 is 11.8 Å². The second kappa shape index (κ2) is 6.90. The molecule has 1 aromatic rings. The van der Waals surface area contributed by atoms with Crippen LogP contribution < -0.4 is 14.8 Å². The van der Waals surface area contributed by atoms with Gasteiger partial charge in [0.25, 0.3) is 0 Å². The van der Waals surface area contributed by atoms with Gasteiger partial charge in [-0.1, -0.05) is 6.07 Å². The Morgan fingerprint density at radius 1 is 1.29 bits per heavy atom. The molecule has 1 aliphatic heterocycles. The molecule has 1 fully saturated rings. The molecule has 0 amide bonds. The second-order valence-corrected chi connectivity index (χ2v) is 6.83. The lowest BCUT2D eigenvalue weighted by Gasteiger charge is -2.21.